The van der Waals surface area contributed by atoms with E-state index in [1.54, 1.807) is 6.07 Å². The Morgan fingerprint density at radius 3 is 2.58 bits per heavy atom. The van der Waals surface area contributed by atoms with Crippen molar-refractivity contribution in [1.82, 2.24) is 0 Å². The van der Waals surface area contributed by atoms with Gasteiger partial charge >= 0.3 is 0 Å². The molecule has 3 nitrogen and oxygen atoms in total. The minimum absolute atomic E-state index is 0. The van der Waals surface area contributed by atoms with Crippen LogP contribution in [0.15, 0.2) is 18.2 Å². The molecule has 1 aromatic carbocycles. The first kappa shape index (κ1) is 11.4. The SMILES string of the molecule is COc1ccc(C=O)c(O)c1.[Pb]. The Hall–Kier alpha value is -0.588. The summed E-state index contributed by atoms with van der Waals surface area (Å²) < 4.78 is 4.82. The van der Waals surface area contributed by atoms with Gasteiger partial charge in [0.1, 0.15) is 11.5 Å². The number of hydrogen-bond donors (Lipinski definition) is 1. The number of ether oxygens (including phenoxy) is 1. The van der Waals surface area contributed by atoms with Crippen LogP contribution in [-0.4, -0.2) is 45.8 Å². The quantitative estimate of drug-likeness (QED) is 0.629. The predicted octanol–water partition coefficient (Wildman–Crippen LogP) is 0.832. The second kappa shape index (κ2) is 5.13. The summed E-state index contributed by atoms with van der Waals surface area (Å²) in [6.07, 6.45) is 0.592. The van der Waals surface area contributed by atoms with E-state index >= 15 is 0 Å². The summed E-state index contributed by atoms with van der Waals surface area (Å²) in [5.41, 5.74) is 0.269. The summed E-state index contributed by atoms with van der Waals surface area (Å²) >= 11 is 0. The maximum atomic E-state index is 10.2. The van der Waals surface area contributed by atoms with E-state index in [0.29, 0.717) is 12.0 Å². The van der Waals surface area contributed by atoms with E-state index in [9.17, 15) is 4.79 Å². The van der Waals surface area contributed by atoms with Crippen molar-refractivity contribution in [3.63, 3.8) is 0 Å². The molecule has 0 atom stereocenters. The van der Waals surface area contributed by atoms with E-state index in [0.717, 1.165) is 0 Å². The van der Waals surface area contributed by atoms with Crippen molar-refractivity contribution >= 4 is 33.6 Å². The number of aromatic hydroxyl groups is 1. The summed E-state index contributed by atoms with van der Waals surface area (Å²) in [5.74, 6) is 0.479. The molecule has 1 aromatic rings. The molecular formula is C8H8O3Pb. The Balaban J connectivity index is 0.00000121. The zero-order valence-corrected chi connectivity index (χ0v) is 10.5. The Labute approximate surface area is 90.5 Å². The minimum Gasteiger partial charge on any atom is -0.507 e. The molecule has 0 aliphatic carbocycles. The number of phenolic OH excluding ortho intramolecular Hbond substituents is 1. The van der Waals surface area contributed by atoms with Gasteiger partial charge in [-0.2, -0.15) is 0 Å². The second-order valence-electron chi connectivity index (χ2n) is 2.04. The van der Waals surface area contributed by atoms with Crippen molar-refractivity contribution in [2.24, 2.45) is 0 Å². The zero-order valence-electron chi connectivity index (χ0n) is 6.57. The first-order chi connectivity index (χ1) is 5.27. The van der Waals surface area contributed by atoms with Crippen LogP contribution in [0.1, 0.15) is 10.4 Å². The van der Waals surface area contributed by atoms with Gasteiger partial charge in [-0.25, -0.2) is 0 Å². The number of methoxy groups -OCH3 is 1. The molecule has 0 aliphatic heterocycles. The summed E-state index contributed by atoms with van der Waals surface area (Å²) in [4.78, 5) is 10.2. The Kier molecular flexibility index (Phi) is 4.88. The smallest absolute Gasteiger partial charge is 0.153 e. The van der Waals surface area contributed by atoms with Crippen molar-refractivity contribution < 1.29 is 14.6 Å². The molecular weight excluding hydrogens is 351 g/mol. The number of rotatable bonds is 2. The average Bonchev–Trinajstić information content (AvgIpc) is 2.04. The van der Waals surface area contributed by atoms with E-state index in [-0.39, 0.29) is 38.6 Å². The number of benzene rings is 1. The van der Waals surface area contributed by atoms with Crippen LogP contribution < -0.4 is 4.74 Å². The van der Waals surface area contributed by atoms with Crippen molar-refractivity contribution in [1.29, 1.82) is 0 Å². The molecule has 0 unspecified atom stereocenters. The van der Waals surface area contributed by atoms with Crippen molar-refractivity contribution in [3.05, 3.63) is 23.8 Å². The minimum atomic E-state index is -0.0562. The molecule has 0 aliphatic rings. The third-order valence-electron chi connectivity index (χ3n) is 1.36. The molecule has 0 saturated heterocycles. The predicted molar refractivity (Wildman–Crippen MR) is 45.8 cm³/mol. The van der Waals surface area contributed by atoms with Gasteiger partial charge in [0.2, 0.25) is 0 Å². The van der Waals surface area contributed by atoms with E-state index < -0.39 is 0 Å². The van der Waals surface area contributed by atoms with Crippen LogP contribution >= 0.6 is 0 Å². The second-order valence-corrected chi connectivity index (χ2v) is 2.04. The summed E-state index contributed by atoms with van der Waals surface area (Å²) in [6.45, 7) is 0. The normalized spacial score (nSPS) is 8.42. The molecule has 0 spiro atoms. The van der Waals surface area contributed by atoms with Gasteiger partial charge in [0.05, 0.1) is 12.7 Å². The molecule has 0 amide bonds. The van der Waals surface area contributed by atoms with Crippen LogP contribution in [0.5, 0.6) is 11.5 Å². The number of phenols is 1. The zero-order chi connectivity index (χ0) is 8.27. The molecule has 1 rings (SSSR count). The molecule has 12 heavy (non-hydrogen) atoms. The fourth-order valence-corrected chi connectivity index (χ4v) is 0.750. The molecule has 4 radical (unpaired) electrons. The molecule has 0 bridgehead atoms. The van der Waals surface area contributed by atoms with Crippen LogP contribution in [0.4, 0.5) is 0 Å². The molecule has 0 fully saturated rings. The standard InChI is InChI=1S/C8H8O3.Pb/c1-11-7-3-2-6(5-9)8(10)4-7;/h2-5,10H,1H3;. The van der Waals surface area contributed by atoms with Crippen LogP contribution in [0.3, 0.4) is 0 Å². The first-order valence-corrected chi connectivity index (χ1v) is 3.10. The van der Waals surface area contributed by atoms with Gasteiger partial charge < -0.3 is 9.84 Å². The Morgan fingerprint density at radius 1 is 1.50 bits per heavy atom. The largest absolute Gasteiger partial charge is 0.507 e. The van der Waals surface area contributed by atoms with Gasteiger partial charge in [-0.05, 0) is 12.1 Å². The maximum Gasteiger partial charge on any atom is 0.153 e. The van der Waals surface area contributed by atoms with E-state index in [1.165, 1.54) is 19.2 Å². The van der Waals surface area contributed by atoms with Gasteiger partial charge in [0.15, 0.2) is 6.29 Å². The van der Waals surface area contributed by atoms with E-state index in [1.807, 2.05) is 0 Å². The third kappa shape index (κ3) is 2.47. The van der Waals surface area contributed by atoms with Crippen LogP contribution in [0, 0.1) is 0 Å². The molecule has 0 saturated carbocycles. The fraction of sp³-hybridized carbons (Fsp3) is 0.125. The topological polar surface area (TPSA) is 46.5 Å². The Morgan fingerprint density at radius 2 is 2.17 bits per heavy atom. The summed E-state index contributed by atoms with van der Waals surface area (Å²) in [6, 6.07) is 4.51. The number of carbonyl (C=O) groups excluding carboxylic acids is 1. The molecule has 4 heteroatoms. The molecule has 1 N–H and O–H groups in total. The number of hydrogen-bond acceptors (Lipinski definition) is 3. The van der Waals surface area contributed by atoms with Gasteiger partial charge in [-0.15, -0.1) is 0 Å². The van der Waals surface area contributed by atoms with Gasteiger partial charge in [-0.3, -0.25) is 4.79 Å². The van der Waals surface area contributed by atoms with Crippen molar-refractivity contribution in [2.45, 2.75) is 0 Å². The molecule has 0 aromatic heterocycles. The molecule has 62 valence electrons. The third-order valence-corrected chi connectivity index (χ3v) is 1.36. The monoisotopic (exact) mass is 360 g/mol. The number of carbonyl (C=O) groups is 1. The fourth-order valence-electron chi connectivity index (χ4n) is 0.750. The summed E-state index contributed by atoms with van der Waals surface area (Å²) in [5, 5.41) is 9.11. The van der Waals surface area contributed by atoms with Crippen molar-refractivity contribution in [3.8, 4) is 11.5 Å². The van der Waals surface area contributed by atoms with Crippen LogP contribution in [0.2, 0.25) is 0 Å². The van der Waals surface area contributed by atoms with Crippen molar-refractivity contribution in [2.75, 3.05) is 7.11 Å². The van der Waals surface area contributed by atoms with Crippen LogP contribution in [-0.2, 0) is 0 Å². The van der Waals surface area contributed by atoms with Gasteiger partial charge in [0, 0.05) is 33.4 Å². The maximum absolute atomic E-state index is 10.2. The average molecular weight is 359 g/mol. The van der Waals surface area contributed by atoms with Crippen LogP contribution in [0.25, 0.3) is 0 Å². The van der Waals surface area contributed by atoms with E-state index in [4.69, 9.17) is 9.84 Å². The first-order valence-electron chi connectivity index (χ1n) is 3.10. The van der Waals surface area contributed by atoms with E-state index in [2.05, 4.69) is 0 Å². The van der Waals surface area contributed by atoms with Gasteiger partial charge in [0.25, 0.3) is 0 Å². The molecule has 0 heterocycles. The van der Waals surface area contributed by atoms with Gasteiger partial charge in [-0.1, -0.05) is 0 Å². The summed E-state index contributed by atoms with van der Waals surface area (Å²) in [7, 11) is 1.50. The Bertz CT molecular complexity index is 273. The number of aldehydes is 1.